The molecule has 1 aliphatic rings. The van der Waals surface area contributed by atoms with E-state index in [0.29, 0.717) is 12.1 Å². The second kappa shape index (κ2) is 14.1. The maximum Gasteiger partial charge on any atom is 0.244 e. The molecular weight excluding hydrogens is 626 g/mol. The van der Waals surface area contributed by atoms with Gasteiger partial charge in [0.1, 0.15) is 12.6 Å². The molecule has 0 aliphatic heterocycles. The van der Waals surface area contributed by atoms with Crippen molar-refractivity contribution < 1.29 is 18.0 Å². The largest absolute Gasteiger partial charge is 0.352 e. The molecule has 7 nitrogen and oxygen atoms in total. The van der Waals surface area contributed by atoms with Gasteiger partial charge in [-0.1, -0.05) is 104 Å². The molecular formula is C34H42BrN3O4S. The summed E-state index contributed by atoms with van der Waals surface area (Å²) in [5.74, 6) is -0.674. The van der Waals surface area contributed by atoms with Crippen molar-refractivity contribution >= 4 is 43.5 Å². The molecule has 1 N–H and O–H groups in total. The molecule has 1 atom stereocenters. The van der Waals surface area contributed by atoms with Crippen LogP contribution in [0.3, 0.4) is 0 Å². The average Bonchev–Trinajstić information content (AvgIpc) is 3.46. The highest BCUT2D eigenvalue weighted by Crippen LogP contribution is 2.27. The van der Waals surface area contributed by atoms with Gasteiger partial charge >= 0.3 is 0 Å². The molecule has 4 rings (SSSR count). The van der Waals surface area contributed by atoms with Gasteiger partial charge in [0.2, 0.25) is 21.8 Å². The summed E-state index contributed by atoms with van der Waals surface area (Å²) in [6, 6.07) is 23.7. The number of amides is 2. The molecule has 0 radical (unpaired) electrons. The number of rotatable bonds is 11. The van der Waals surface area contributed by atoms with E-state index in [1.807, 2.05) is 66.7 Å². The van der Waals surface area contributed by atoms with Gasteiger partial charge in [0, 0.05) is 23.5 Å². The molecule has 1 unspecified atom stereocenters. The fourth-order valence-electron chi connectivity index (χ4n) is 5.49. The van der Waals surface area contributed by atoms with Crippen molar-refractivity contribution in [2.75, 3.05) is 17.1 Å². The Labute approximate surface area is 264 Å². The predicted octanol–water partition coefficient (Wildman–Crippen LogP) is 6.21. The van der Waals surface area contributed by atoms with Crippen LogP contribution >= 0.6 is 15.9 Å². The van der Waals surface area contributed by atoms with E-state index in [1.54, 1.807) is 17.0 Å². The van der Waals surface area contributed by atoms with Crippen molar-refractivity contribution in [2.45, 2.75) is 76.9 Å². The normalized spacial score (nSPS) is 14.7. The number of sulfonamides is 1. The first-order valence-corrected chi connectivity index (χ1v) is 17.4. The Hall–Kier alpha value is -3.17. The third-order valence-electron chi connectivity index (χ3n) is 7.92. The average molecular weight is 669 g/mol. The molecule has 2 amide bonds. The lowest BCUT2D eigenvalue weighted by Crippen LogP contribution is -2.54. The van der Waals surface area contributed by atoms with Crippen LogP contribution in [0.15, 0.2) is 83.3 Å². The number of nitrogens with zero attached hydrogens (tertiary/aromatic N) is 2. The van der Waals surface area contributed by atoms with E-state index >= 15 is 0 Å². The van der Waals surface area contributed by atoms with E-state index in [-0.39, 0.29) is 23.9 Å². The fourth-order valence-corrected chi connectivity index (χ4v) is 6.79. The van der Waals surface area contributed by atoms with Crippen LogP contribution in [0.1, 0.15) is 63.1 Å². The van der Waals surface area contributed by atoms with Crippen LogP contribution < -0.4 is 9.62 Å². The number of nitrogens with one attached hydrogen (secondary N) is 1. The minimum Gasteiger partial charge on any atom is -0.352 e. The summed E-state index contributed by atoms with van der Waals surface area (Å²) in [5.41, 5.74) is 3.09. The van der Waals surface area contributed by atoms with E-state index < -0.39 is 28.5 Å². The van der Waals surface area contributed by atoms with Crippen molar-refractivity contribution in [3.05, 3.63) is 100 Å². The van der Waals surface area contributed by atoms with Gasteiger partial charge in [-0.2, -0.15) is 0 Å². The van der Waals surface area contributed by atoms with Crippen molar-refractivity contribution in [3.8, 4) is 0 Å². The van der Waals surface area contributed by atoms with E-state index in [4.69, 9.17) is 0 Å². The lowest BCUT2D eigenvalue weighted by molar-refractivity contribution is -0.140. The molecule has 0 heterocycles. The summed E-state index contributed by atoms with van der Waals surface area (Å²) >= 11 is 3.51. The lowest BCUT2D eigenvalue weighted by Gasteiger charge is -2.34. The van der Waals surface area contributed by atoms with Gasteiger partial charge < -0.3 is 10.2 Å². The van der Waals surface area contributed by atoms with Crippen molar-refractivity contribution in [1.82, 2.24) is 10.2 Å². The van der Waals surface area contributed by atoms with Crippen LogP contribution in [0.25, 0.3) is 0 Å². The summed E-state index contributed by atoms with van der Waals surface area (Å²) in [4.78, 5) is 29.8. The quantitative estimate of drug-likeness (QED) is 0.263. The van der Waals surface area contributed by atoms with Crippen LogP contribution in [0.2, 0.25) is 0 Å². The number of benzene rings is 3. The minimum atomic E-state index is -3.82. The maximum atomic E-state index is 14.3. The Morgan fingerprint density at radius 3 is 2.14 bits per heavy atom. The van der Waals surface area contributed by atoms with Crippen LogP contribution in [0.4, 0.5) is 5.69 Å². The Morgan fingerprint density at radius 1 is 0.930 bits per heavy atom. The van der Waals surface area contributed by atoms with Crippen LogP contribution in [-0.4, -0.2) is 50.0 Å². The third-order valence-corrected chi connectivity index (χ3v) is 9.55. The second-order valence-electron chi connectivity index (χ2n) is 12.4. The molecule has 0 bridgehead atoms. The Morgan fingerprint density at radius 2 is 1.56 bits per heavy atom. The van der Waals surface area contributed by atoms with Gasteiger partial charge in [-0.15, -0.1) is 0 Å². The molecule has 3 aromatic rings. The van der Waals surface area contributed by atoms with Crippen LogP contribution in [0, 0.1) is 0 Å². The molecule has 0 aromatic heterocycles. The van der Waals surface area contributed by atoms with Gasteiger partial charge in [-0.05, 0) is 59.2 Å². The summed E-state index contributed by atoms with van der Waals surface area (Å²) in [7, 11) is -3.82. The summed E-state index contributed by atoms with van der Waals surface area (Å²) in [6.07, 6.45) is 5.35. The molecule has 230 valence electrons. The van der Waals surface area contributed by atoms with Crippen LogP contribution in [0.5, 0.6) is 0 Å². The summed E-state index contributed by atoms with van der Waals surface area (Å²) in [6.45, 7) is 5.98. The highest BCUT2D eigenvalue weighted by molar-refractivity contribution is 9.10. The molecule has 9 heteroatoms. The number of carbonyl (C=O) groups is 2. The number of hydrogen-bond acceptors (Lipinski definition) is 4. The monoisotopic (exact) mass is 667 g/mol. The number of carbonyl (C=O) groups excluding carboxylic acids is 2. The third kappa shape index (κ3) is 9.16. The van der Waals surface area contributed by atoms with Gasteiger partial charge in [0.25, 0.3) is 0 Å². The van der Waals surface area contributed by atoms with E-state index in [9.17, 15) is 18.0 Å². The first-order valence-electron chi connectivity index (χ1n) is 14.8. The molecule has 1 aliphatic carbocycles. The molecule has 43 heavy (non-hydrogen) atoms. The van der Waals surface area contributed by atoms with Gasteiger partial charge in [0.05, 0.1) is 11.9 Å². The first-order chi connectivity index (χ1) is 20.3. The molecule has 1 saturated carbocycles. The standard InChI is InChI=1S/C34H42BrN3O4S/c1-34(2,3)27-17-19-30(20-18-27)38(43(4,41)42)24-32(39)37(23-26-13-10-14-28(35)21-26)31(22-25-11-6-5-7-12-25)33(40)36-29-15-8-9-16-29/h5-7,10-14,17-21,29,31H,8-9,15-16,22-24H2,1-4H3,(H,36,40). The number of halogens is 1. The fraction of sp³-hybridized carbons (Fsp3) is 0.412. The Balaban J connectivity index is 1.72. The van der Waals surface area contributed by atoms with Crippen LogP contribution in [-0.2, 0) is 38.0 Å². The molecule has 1 fully saturated rings. The molecule has 0 saturated heterocycles. The van der Waals surface area contributed by atoms with Crippen molar-refractivity contribution in [3.63, 3.8) is 0 Å². The minimum absolute atomic E-state index is 0.0717. The molecule has 3 aromatic carbocycles. The summed E-state index contributed by atoms with van der Waals surface area (Å²) < 4.78 is 28.1. The number of hydrogen-bond donors (Lipinski definition) is 1. The highest BCUT2D eigenvalue weighted by Gasteiger charge is 2.34. The van der Waals surface area contributed by atoms with Crippen molar-refractivity contribution in [1.29, 1.82) is 0 Å². The Bertz CT molecular complexity index is 1500. The lowest BCUT2D eigenvalue weighted by atomic mass is 9.87. The number of anilines is 1. The van der Waals surface area contributed by atoms with Gasteiger partial charge in [-0.25, -0.2) is 8.42 Å². The smallest absolute Gasteiger partial charge is 0.244 e. The van der Waals surface area contributed by atoms with E-state index in [2.05, 4.69) is 42.0 Å². The first kappa shape index (κ1) is 32.7. The topological polar surface area (TPSA) is 86.8 Å². The SMILES string of the molecule is CC(C)(C)c1ccc(N(CC(=O)N(Cc2cccc(Br)c2)C(Cc2ccccc2)C(=O)NC2CCCC2)S(C)(=O)=O)cc1. The highest BCUT2D eigenvalue weighted by atomic mass is 79.9. The zero-order valence-corrected chi connectivity index (χ0v) is 27.8. The maximum absolute atomic E-state index is 14.3. The summed E-state index contributed by atoms with van der Waals surface area (Å²) in [5, 5.41) is 3.19. The van der Waals surface area contributed by atoms with Gasteiger partial charge in [-0.3, -0.25) is 13.9 Å². The zero-order chi connectivity index (χ0) is 31.2. The second-order valence-corrected chi connectivity index (χ2v) is 15.2. The van der Waals surface area contributed by atoms with Gasteiger partial charge in [0.15, 0.2) is 0 Å². The molecule has 0 spiro atoms. The van der Waals surface area contributed by atoms with E-state index in [1.165, 1.54) is 0 Å². The predicted molar refractivity (Wildman–Crippen MR) is 176 cm³/mol. The van der Waals surface area contributed by atoms with Crippen molar-refractivity contribution in [2.24, 2.45) is 0 Å². The van der Waals surface area contributed by atoms with E-state index in [0.717, 1.165) is 57.4 Å². The zero-order valence-electron chi connectivity index (χ0n) is 25.4. The Kier molecular flexibility index (Phi) is 10.7.